The summed E-state index contributed by atoms with van der Waals surface area (Å²) in [5.74, 6) is -0.417. The number of nitrogens with zero attached hydrogens (tertiary/aromatic N) is 5. The Balaban J connectivity index is 1.44. The lowest BCUT2D eigenvalue weighted by Gasteiger charge is -2.12. The summed E-state index contributed by atoms with van der Waals surface area (Å²) in [5.41, 5.74) is 4.52. The van der Waals surface area contributed by atoms with Crippen LogP contribution in [-0.2, 0) is 4.79 Å². The standard InChI is InChI=1S/C23H23N7O2/c1-15-11-21(16(2)30(15)20-5-4-10-24-12-20)23(32)28-19-8-6-18(7-9-19)27-22(31)17(3)29-14-25-13-26-29/h4-14,17H,1-3H3,(H,27,31)(H,28,32). The molecule has 1 unspecified atom stereocenters. The maximum Gasteiger partial charge on any atom is 0.257 e. The zero-order valence-corrected chi connectivity index (χ0v) is 18.0. The fraction of sp³-hybridized carbons (Fsp3) is 0.174. The number of carbonyl (C=O) groups excluding carboxylic acids is 2. The molecule has 9 heteroatoms. The lowest BCUT2D eigenvalue weighted by Crippen LogP contribution is -2.24. The van der Waals surface area contributed by atoms with Crippen LogP contribution in [0, 0.1) is 13.8 Å². The number of carbonyl (C=O) groups is 2. The smallest absolute Gasteiger partial charge is 0.257 e. The van der Waals surface area contributed by atoms with Crippen molar-refractivity contribution in [1.82, 2.24) is 24.3 Å². The molecule has 2 N–H and O–H groups in total. The summed E-state index contributed by atoms with van der Waals surface area (Å²) in [7, 11) is 0. The summed E-state index contributed by atoms with van der Waals surface area (Å²) in [6.45, 7) is 5.60. The molecule has 3 aromatic heterocycles. The highest BCUT2D eigenvalue weighted by atomic mass is 16.2. The van der Waals surface area contributed by atoms with Crippen LogP contribution in [0.4, 0.5) is 11.4 Å². The van der Waals surface area contributed by atoms with E-state index >= 15 is 0 Å². The van der Waals surface area contributed by atoms with Gasteiger partial charge in [0.1, 0.15) is 18.7 Å². The minimum Gasteiger partial charge on any atom is -0.324 e. The predicted octanol–water partition coefficient (Wildman–Crippen LogP) is 3.53. The molecule has 1 aromatic carbocycles. The molecule has 0 fully saturated rings. The Morgan fingerprint density at radius 2 is 1.72 bits per heavy atom. The van der Waals surface area contributed by atoms with Gasteiger partial charge in [0.15, 0.2) is 0 Å². The fourth-order valence-electron chi connectivity index (χ4n) is 3.50. The minimum atomic E-state index is -0.494. The third-order valence-electron chi connectivity index (χ3n) is 5.20. The molecule has 0 saturated carbocycles. The van der Waals surface area contributed by atoms with E-state index in [4.69, 9.17) is 0 Å². The van der Waals surface area contributed by atoms with Crippen LogP contribution in [0.3, 0.4) is 0 Å². The van der Waals surface area contributed by atoms with Gasteiger partial charge in [-0.15, -0.1) is 0 Å². The van der Waals surface area contributed by atoms with Gasteiger partial charge in [0.2, 0.25) is 5.91 Å². The monoisotopic (exact) mass is 429 g/mol. The van der Waals surface area contributed by atoms with E-state index in [-0.39, 0.29) is 11.8 Å². The number of benzene rings is 1. The number of nitrogens with one attached hydrogen (secondary N) is 2. The molecule has 0 bridgehead atoms. The number of amides is 2. The van der Waals surface area contributed by atoms with Gasteiger partial charge in [-0.3, -0.25) is 14.6 Å². The van der Waals surface area contributed by atoms with Gasteiger partial charge in [0, 0.05) is 29.0 Å². The van der Waals surface area contributed by atoms with E-state index in [0.29, 0.717) is 16.9 Å². The summed E-state index contributed by atoms with van der Waals surface area (Å²) in [6, 6.07) is 12.1. The van der Waals surface area contributed by atoms with Crippen molar-refractivity contribution < 1.29 is 9.59 Å². The third-order valence-corrected chi connectivity index (χ3v) is 5.20. The first-order chi connectivity index (χ1) is 15.4. The summed E-state index contributed by atoms with van der Waals surface area (Å²) in [4.78, 5) is 33.3. The van der Waals surface area contributed by atoms with Crippen molar-refractivity contribution >= 4 is 23.2 Å². The Morgan fingerprint density at radius 3 is 2.34 bits per heavy atom. The number of rotatable bonds is 6. The number of aromatic nitrogens is 5. The van der Waals surface area contributed by atoms with Gasteiger partial charge in [0.05, 0.1) is 17.4 Å². The second kappa shape index (κ2) is 8.84. The molecule has 32 heavy (non-hydrogen) atoms. The second-order valence-corrected chi connectivity index (χ2v) is 7.40. The van der Waals surface area contributed by atoms with Crippen molar-refractivity contribution in [1.29, 1.82) is 0 Å². The Bertz CT molecular complexity index is 1230. The number of hydrogen-bond acceptors (Lipinski definition) is 5. The number of pyridine rings is 1. The molecular weight excluding hydrogens is 406 g/mol. The quantitative estimate of drug-likeness (QED) is 0.488. The van der Waals surface area contributed by atoms with Crippen molar-refractivity contribution in [2.45, 2.75) is 26.8 Å². The molecule has 0 aliphatic carbocycles. The fourth-order valence-corrected chi connectivity index (χ4v) is 3.50. The van der Waals surface area contributed by atoms with Crippen LogP contribution in [0.5, 0.6) is 0 Å². The van der Waals surface area contributed by atoms with Gasteiger partial charge in [0.25, 0.3) is 5.91 Å². The largest absolute Gasteiger partial charge is 0.324 e. The zero-order valence-electron chi connectivity index (χ0n) is 18.0. The van der Waals surface area contributed by atoms with Crippen LogP contribution >= 0.6 is 0 Å². The van der Waals surface area contributed by atoms with Crippen molar-refractivity contribution in [2.75, 3.05) is 10.6 Å². The first kappa shape index (κ1) is 21.0. The van der Waals surface area contributed by atoms with Crippen molar-refractivity contribution in [3.8, 4) is 5.69 Å². The molecule has 0 spiro atoms. The molecule has 162 valence electrons. The SMILES string of the molecule is Cc1cc(C(=O)Nc2ccc(NC(=O)C(C)n3cncn3)cc2)c(C)n1-c1cccnc1. The van der Waals surface area contributed by atoms with E-state index < -0.39 is 6.04 Å². The number of aryl methyl sites for hydroxylation is 1. The van der Waals surface area contributed by atoms with E-state index in [1.165, 1.54) is 17.3 Å². The average molecular weight is 429 g/mol. The molecule has 4 aromatic rings. The van der Waals surface area contributed by atoms with Crippen LogP contribution in [0.1, 0.15) is 34.7 Å². The Morgan fingerprint density at radius 1 is 1.00 bits per heavy atom. The lowest BCUT2D eigenvalue weighted by atomic mass is 10.2. The van der Waals surface area contributed by atoms with Gasteiger partial charge < -0.3 is 15.2 Å². The van der Waals surface area contributed by atoms with Crippen molar-refractivity contribution in [3.05, 3.63) is 84.5 Å². The normalized spacial score (nSPS) is 11.7. The van der Waals surface area contributed by atoms with Crippen LogP contribution < -0.4 is 10.6 Å². The van der Waals surface area contributed by atoms with Crippen LogP contribution in [0.25, 0.3) is 5.69 Å². The summed E-state index contributed by atoms with van der Waals surface area (Å²) < 4.78 is 3.47. The van der Waals surface area contributed by atoms with Crippen molar-refractivity contribution in [3.63, 3.8) is 0 Å². The maximum atomic E-state index is 12.9. The zero-order chi connectivity index (χ0) is 22.7. The third kappa shape index (κ3) is 4.27. The molecule has 0 aliphatic rings. The molecule has 4 rings (SSSR count). The maximum absolute atomic E-state index is 12.9. The minimum absolute atomic E-state index is 0.204. The van der Waals surface area contributed by atoms with Crippen molar-refractivity contribution in [2.24, 2.45) is 0 Å². The van der Waals surface area contributed by atoms with E-state index in [0.717, 1.165) is 17.1 Å². The molecule has 0 aliphatic heterocycles. The second-order valence-electron chi connectivity index (χ2n) is 7.40. The molecule has 0 radical (unpaired) electrons. The van der Waals surface area contributed by atoms with Gasteiger partial charge in [-0.25, -0.2) is 9.67 Å². The predicted molar refractivity (Wildman–Crippen MR) is 121 cm³/mol. The van der Waals surface area contributed by atoms with E-state index in [9.17, 15) is 9.59 Å². The van der Waals surface area contributed by atoms with Crippen LogP contribution in [0.15, 0.2) is 67.5 Å². The van der Waals surface area contributed by atoms with E-state index in [1.54, 1.807) is 43.6 Å². The van der Waals surface area contributed by atoms with Gasteiger partial charge >= 0.3 is 0 Å². The lowest BCUT2D eigenvalue weighted by molar-refractivity contribution is -0.119. The highest BCUT2D eigenvalue weighted by molar-refractivity contribution is 6.05. The average Bonchev–Trinajstić information content (AvgIpc) is 3.43. The molecular formula is C23H23N7O2. The topological polar surface area (TPSA) is 107 Å². The Kier molecular flexibility index (Phi) is 5.80. The number of anilines is 2. The molecule has 1 atom stereocenters. The Labute approximate surface area is 185 Å². The summed E-state index contributed by atoms with van der Waals surface area (Å²) in [6.07, 6.45) is 6.36. The summed E-state index contributed by atoms with van der Waals surface area (Å²) >= 11 is 0. The molecule has 2 amide bonds. The van der Waals surface area contributed by atoms with E-state index in [1.807, 2.05) is 36.6 Å². The highest BCUT2D eigenvalue weighted by Crippen LogP contribution is 2.22. The van der Waals surface area contributed by atoms with E-state index in [2.05, 4.69) is 25.7 Å². The first-order valence-electron chi connectivity index (χ1n) is 10.1. The van der Waals surface area contributed by atoms with Gasteiger partial charge in [-0.1, -0.05) is 0 Å². The van der Waals surface area contributed by atoms with Gasteiger partial charge in [-0.05, 0) is 63.2 Å². The molecule has 9 nitrogen and oxygen atoms in total. The molecule has 0 saturated heterocycles. The Hall–Kier alpha value is -4.27. The number of hydrogen-bond donors (Lipinski definition) is 2. The highest BCUT2D eigenvalue weighted by Gasteiger charge is 2.18. The molecule has 3 heterocycles. The van der Waals surface area contributed by atoms with Gasteiger partial charge in [-0.2, -0.15) is 5.10 Å². The summed E-state index contributed by atoms with van der Waals surface area (Å²) in [5, 5.41) is 9.73. The van der Waals surface area contributed by atoms with Crippen LogP contribution in [-0.4, -0.2) is 36.1 Å². The first-order valence-corrected chi connectivity index (χ1v) is 10.1. The van der Waals surface area contributed by atoms with Crippen LogP contribution in [0.2, 0.25) is 0 Å².